The quantitative estimate of drug-likeness (QED) is 0.473. The van der Waals surface area contributed by atoms with E-state index < -0.39 is 0 Å². The molecule has 3 aromatic rings. The van der Waals surface area contributed by atoms with Crippen molar-refractivity contribution in [2.45, 2.75) is 41.5 Å². The number of nitrogens with zero attached hydrogens (tertiary/aromatic N) is 3. The van der Waals surface area contributed by atoms with Gasteiger partial charge in [0.2, 0.25) is 0 Å². The molecule has 32 heavy (non-hydrogen) atoms. The van der Waals surface area contributed by atoms with Gasteiger partial charge in [-0.15, -0.1) is 0 Å². The van der Waals surface area contributed by atoms with Gasteiger partial charge < -0.3 is 24.8 Å². The molecule has 7 heteroatoms. The van der Waals surface area contributed by atoms with Crippen LogP contribution >= 0.6 is 11.6 Å². The number of aryl methyl sites for hydroxylation is 4. The smallest absolute Gasteiger partial charge is 1.00 e. The number of aromatic nitrogens is 1. The van der Waals surface area contributed by atoms with Crippen molar-refractivity contribution in [2.24, 2.45) is 9.98 Å². The molecule has 0 saturated heterocycles. The molecule has 0 saturated carbocycles. The van der Waals surface area contributed by atoms with Gasteiger partial charge in [0, 0.05) is 5.02 Å². The van der Waals surface area contributed by atoms with Gasteiger partial charge in [0.05, 0.1) is 34.2 Å². The van der Waals surface area contributed by atoms with E-state index in [0.29, 0.717) is 5.02 Å². The predicted octanol–water partition coefficient (Wildman–Crippen LogP) is 1.26. The van der Waals surface area contributed by atoms with Gasteiger partial charge in [-0.3, -0.25) is 9.98 Å². The molecular formula is C25H26Cl3N3V. The zero-order valence-corrected chi connectivity index (χ0v) is 22.7. The summed E-state index contributed by atoms with van der Waals surface area (Å²) in [6.07, 6.45) is 0. The normalized spacial score (nSPS) is 11.2. The maximum atomic E-state index is 6.42. The van der Waals surface area contributed by atoms with E-state index in [1.165, 1.54) is 0 Å². The van der Waals surface area contributed by atoms with E-state index in [1.807, 2.05) is 38.1 Å². The summed E-state index contributed by atoms with van der Waals surface area (Å²) in [5.74, 6) is 0. The van der Waals surface area contributed by atoms with Crippen LogP contribution in [0.1, 0.15) is 47.5 Å². The first-order chi connectivity index (χ1) is 13.8. The van der Waals surface area contributed by atoms with Gasteiger partial charge in [0.1, 0.15) is 0 Å². The molecule has 0 spiro atoms. The fourth-order valence-electron chi connectivity index (χ4n) is 3.28. The van der Waals surface area contributed by atoms with Crippen LogP contribution in [0.25, 0.3) is 0 Å². The minimum atomic E-state index is 0. The molecule has 0 amide bonds. The van der Waals surface area contributed by atoms with Crippen molar-refractivity contribution in [1.82, 2.24) is 4.98 Å². The summed E-state index contributed by atoms with van der Waals surface area (Å²) in [5, 5.41) is 0.622. The molecule has 0 atom stereocenters. The number of hydrogen-bond acceptors (Lipinski definition) is 3. The fourth-order valence-corrected chi connectivity index (χ4v) is 3.49. The first-order valence-corrected chi connectivity index (χ1v) is 10.1. The fraction of sp³-hybridized carbons (Fsp3) is 0.240. The monoisotopic (exact) mass is 524 g/mol. The summed E-state index contributed by atoms with van der Waals surface area (Å²) in [6, 6.07) is 16.1. The van der Waals surface area contributed by atoms with Crippen LogP contribution in [0, 0.1) is 27.7 Å². The summed E-state index contributed by atoms with van der Waals surface area (Å²) < 4.78 is 0. The van der Waals surface area contributed by atoms with Crippen LogP contribution in [0.2, 0.25) is 5.02 Å². The molecule has 0 unspecified atom stereocenters. The summed E-state index contributed by atoms with van der Waals surface area (Å²) in [4.78, 5) is 14.5. The number of pyridine rings is 1. The van der Waals surface area contributed by atoms with Crippen molar-refractivity contribution in [3.63, 3.8) is 0 Å². The summed E-state index contributed by atoms with van der Waals surface area (Å²) in [6.45, 7) is 12.2. The Bertz CT molecular complexity index is 1020. The molecule has 3 nitrogen and oxygen atoms in total. The molecule has 0 aliphatic heterocycles. The Morgan fingerprint density at radius 1 is 0.688 bits per heavy atom. The van der Waals surface area contributed by atoms with Crippen LogP contribution in [-0.2, 0) is 18.6 Å². The summed E-state index contributed by atoms with van der Waals surface area (Å²) in [5.41, 5.74) is 9.68. The topological polar surface area (TPSA) is 37.6 Å². The number of halogens is 3. The second-order valence-electron chi connectivity index (χ2n) is 7.43. The van der Waals surface area contributed by atoms with Crippen LogP contribution in [0.5, 0.6) is 0 Å². The first kappa shape index (κ1) is 30.4. The molecule has 1 heterocycles. The maximum absolute atomic E-state index is 6.42. The third-order valence-corrected chi connectivity index (χ3v) is 5.19. The number of para-hydroxylation sites is 2. The molecule has 3 rings (SSSR count). The molecule has 2 aromatic carbocycles. The molecule has 0 aliphatic rings. The molecule has 167 valence electrons. The van der Waals surface area contributed by atoms with Gasteiger partial charge in [-0.2, -0.15) is 0 Å². The van der Waals surface area contributed by atoms with E-state index in [-0.39, 0.29) is 43.4 Å². The number of rotatable bonds is 4. The Morgan fingerprint density at radius 2 is 1.00 bits per heavy atom. The van der Waals surface area contributed by atoms with Gasteiger partial charge in [0.25, 0.3) is 0 Å². The maximum Gasteiger partial charge on any atom is 2.00 e. The Labute approximate surface area is 220 Å². The molecule has 0 N–H and O–H groups in total. The van der Waals surface area contributed by atoms with Crippen molar-refractivity contribution in [3.8, 4) is 0 Å². The molecular weight excluding hydrogens is 500 g/mol. The van der Waals surface area contributed by atoms with E-state index in [2.05, 4.69) is 52.0 Å². The van der Waals surface area contributed by atoms with E-state index >= 15 is 0 Å². The number of benzene rings is 2. The van der Waals surface area contributed by atoms with Crippen molar-refractivity contribution >= 4 is 34.4 Å². The zero-order valence-electron chi connectivity index (χ0n) is 19.0. The second-order valence-corrected chi connectivity index (χ2v) is 7.87. The van der Waals surface area contributed by atoms with Gasteiger partial charge >= 0.3 is 18.6 Å². The van der Waals surface area contributed by atoms with Gasteiger partial charge in [0.15, 0.2) is 0 Å². The standard InChI is InChI=1S/C25H26ClN3.2ClH.V/c1-15-9-7-10-16(2)24(15)27-19(5)22-13-21(26)14-23(29-22)20(6)28-25-17(3)11-8-12-18(25)4;;;/h7-14H,1-6H3;2*1H;/q;;;+2/p-2. The van der Waals surface area contributed by atoms with E-state index in [0.717, 1.165) is 56.4 Å². The van der Waals surface area contributed by atoms with Crippen LogP contribution in [0.4, 0.5) is 11.4 Å². The molecule has 0 fully saturated rings. The SMILES string of the molecule is CC(=Nc1c(C)cccc1C)c1cc(Cl)cc(C(C)=Nc2c(C)cccc2C)n1.[Cl-].[Cl-].[V+2]. The second kappa shape index (κ2) is 13.2. The van der Waals surface area contributed by atoms with Crippen LogP contribution in [0.15, 0.2) is 58.5 Å². The van der Waals surface area contributed by atoms with E-state index in [4.69, 9.17) is 26.6 Å². The third-order valence-electron chi connectivity index (χ3n) is 4.97. The first-order valence-electron chi connectivity index (χ1n) is 9.67. The minimum absolute atomic E-state index is 0. The average Bonchev–Trinajstić information content (AvgIpc) is 2.67. The van der Waals surface area contributed by atoms with Crippen molar-refractivity contribution < 1.29 is 43.4 Å². The predicted molar refractivity (Wildman–Crippen MR) is 125 cm³/mol. The Hall–Kier alpha value is -1.62. The Kier molecular flexibility index (Phi) is 12.5. The molecule has 0 aliphatic carbocycles. The van der Waals surface area contributed by atoms with Crippen molar-refractivity contribution in [2.75, 3.05) is 0 Å². The molecule has 1 aromatic heterocycles. The molecule has 1 radical (unpaired) electrons. The zero-order chi connectivity index (χ0) is 21.1. The molecule has 0 bridgehead atoms. The number of hydrogen-bond donors (Lipinski definition) is 0. The van der Waals surface area contributed by atoms with Crippen molar-refractivity contribution in [1.29, 1.82) is 0 Å². The van der Waals surface area contributed by atoms with Crippen LogP contribution in [-0.4, -0.2) is 16.4 Å². The summed E-state index contributed by atoms with van der Waals surface area (Å²) in [7, 11) is 0. The van der Waals surface area contributed by atoms with Gasteiger partial charge in [-0.25, -0.2) is 4.98 Å². The van der Waals surface area contributed by atoms with Crippen LogP contribution < -0.4 is 24.8 Å². The van der Waals surface area contributed by atoms with E-state index in [1.54, 1.807) is 0 Å². The Balaban J connectivity index is 0.00000320. The van der Waals surface area contributed by atoms with Crippen LogP contribution in [0.3, 0.4) is 0 Å². The number of aliphatic imine (C=N–C) groups is 2. The minimum Gasteiger partial charge on any atom is -1.00 e. The van der Waals surface area contributed by atoms with Crippen molar-refractivity contribution in [3.05, 3.63) is 87.2 Å². The van der Waals surface area contributed by atoms with Gasteiger partial charge in [-0.05, 0) is 75.9 Å². The Morgan fingerprint density at radius 3 is 1.31 bits per heavy atom. The largest absolute Gasteiger partial charge is 2.00 e. The third kappa shape index (κ3) is 7.20. The van der Waals surface area contributed by atoms with Gasteiger partial charge in [-0.1, -0.05) is 48.0 Å². The van der Waals surface area contributed by atoms with E-state index in [9.17, 15) is 0 Å². The summed E-state index contributed by atoms with van der Waals surface area (Å²) >= 11 is 6.42. The average molecular weight is 526 g/mol.